The zero-order valence-corrected chi connectivity index (χ0v) is 12.9. The largest absolute Gasteiger partial charge is 0.480 e. The fourth-order valence-electron chi connectivity index (χ4n) is 2.66. The summed E-state index contributed by atoms with van der Waals surface area (Å²) in [5.74, 6) is -1.15. The van der Waals surface area contributed by atoms with E-state index in [0.717, 1.165) is 4.90 Å². The van der Waals surface area contributed by atoms with Crippen molar-refractivity contribution in [3.63, 3.8) is 0 Å². The number of aliphatic hydroxyl groups is 1. The molecule has 1 fully saturated rings. The molecule has 1 amide bonds. The Hall–Kier alpha value is -2.08. The molecule has 1 heterocycles. The molecule has 1 aliphatic heterocycles. The molecule has 1 saturated heterocycles. The lowest BCUT2D eigenvalue weighted by atomic mass is 10.0. The minimum absolute atomic E-state index is 0.146. The zero-order valence-electron chi connectivity index (χ0n) is 12.9. The molecular weight excluding hydrogens is 286 g/mol. The fourth-order valence-corrected chi connectivity index (χ4v) is 2.66. The highest BCUT2D eigenvalue weighted by atomic mass is 16.6. The van der Waals surface area contributed by atoms with Crippen LogP contribution in [0.1, 0.15) is 39.2 Å². The number of carbonyl (C=O) groups is 2. The SMILES string of the molecule is CC(C)(C)OC(=O)N1[C@H](C(=O)O)CCC1(O)c1ccccc1. The lowest BCUT2D eigenvalue weighted by molar-refractivity contribution is -0.151. The predicted molar refractivity (Wildman–Crippen MR) is 79.1 cm³/mol. The van der Waals surface area contributed by atoms with E-state index in [4.69, 9.17) is 4.74 Å². The Balaban J connectivity index is 2.41. The molecular formula is C16H21NO5. The molecule has 0 bridgehead atoms. The summed E-state index contributed by atoms with van der Waals surface area (Å²) in [6.45, 7) is 5.08. The molecule has 120 valence electrons. The number of likely N-dealkylation sites (tertiary alicyclic amines) is 1. The first kappa shape index (κ1) is 16.3. The molecule has 2 N–H and O–H groups in total. The van der Waals surface area contributed by atoms with Crippen LogP contribution in [0.2, 0.25) is 0 Å². The smallest absolute Gasteiger partial charge is 0.413 e. The van der Waals surface area contributed by atoms with Gasteiger partial charge in [-0.1, -0.05) is 30.3 Å². The van der Waals surface area contributed by atoms with Crippen molar-refractivity contribution in [3.05, 3.63) is 35.9 Å². The Morgan fingerprint density at radius 2 is 1.86 bits per heavy atom. The van der Waals surface area contributed by atoms with Gasteiger partial charge in [0.15, 0.2) is 5.72 Å². The van der Waals surface area contributed by atoms with Gasteiger partial charge in [0.25, 0.3) is 0 Å². The highest BCUT2D eigenvalue weighted by Crippen LogP contribution is 2.41. The highest BCUT2D eigenvalue weighted by molar-refractivity contribution is 5.81. The van der Waals surface area contributed by atoms with Crippen LogP contribution in [0.25, 0.3) is 0 Å². The lowest BCUT2D eigenvalue weighted by Gasteiger charge is -2.37. The number of nitrogens with zero attached hydrogens (tertiary/aromatic N) is 1. The molecule has 0 saturated carbocycles. The second-order valence-corrected chi connectivity index (χ2v) is 6.43. The number of hydrogen-bond donors (Lipinski definition) is 2. The van der Waals surface area contributed by atoms with Crippen LogP contribution < -0.4 is 0 Å². The molecule has 1 aliphatic rings. The third-order valence-corrected chi connectivity index (χ3v) is 3.59. The summed E-state index contributed by atoms with van der Waals surface area (Å²) >= 11 is 0. The van der Waals surface area contributed by atoms with Gasteiger partial charge in [-0.05, 0) is 27.2 Å². The number of carbonyl (C=O) groups excluding carboxylic acids is 1. The average Bonchev–Trinajstić information content (AvgIpc) is 2.77. The first-order valence-corrected chi connectivity index (χ1v) is 7.18. The monoisotopic (exact) mass is 307 g/mol. The number of rotatable bonds is 2. The van der Waals surface area contributed by atoms with Crippen LogP contribution in [0.4, 0.5) is 4.79 Å². The Kier molecular flexibility index (Phi) is 4.15. The first-order valence-electron chi connectivity index (χ1n) is 7.18. The van der Waals surface area contributed by atoms with E-state index in [1.807, 2.05) is 0 Å². The molecule has 0 radical (unpaired) electrons. The van der Waals surface area contributed by atoms with E-state index in [1.165, 1.54) is 0 Å². The summed E-state index contributed by atoms with van der Waals surface area (Å²) in [6.07, 6.45) is -0.517. The zero-order chi connectivity index (χ0) is 16.5. The van der Waals surface area contributed by atoms with Gasteiger partial charge in [-0.15, -0.1) is 0 Å². The maximum atomic E-state index is 12.4. The number of aliphatic carboxylic acids is 1. The van der Waals surface area contributed by atoms with Gasteiger partial charge in [0.2, 0.25) is 0 Å². The van der Waals surface area contributed by atoms with Crippen molar-refractivity contribution in [2.75, 3.05) is 0 Å². The van der Waals surface area contributed by atoms with Gasteiger partial charge in [-0.25, -0.2) is 9.59 Å². The third-order valence-electron chi connectivity index (χ3n) is 3.59. The van der Waals surface area contributed by atoms with Crippen molar-refractivity contribution >= 4 is 12.1 Å². The molecule has 6 nitrogen and oxygen atoms in total. The Morgan fingerprint density at radius 3 is 2.36 bits per heavy atom. The lowest BCUT2D eigenvalue weighted by Crippen LogP contribution is -2.52. The van der Waals surface area contributed by atoms with Crippen molar-refractivity contribution < 1.29 is 24.5 Å². The molecule has 1 aromatic carbocycles. The van der Waals surface area contributed by atoms with Crippen LogP contribution in [-0.4, -0.2) is 38.8 Å². The van der Waals surface area contributed by atoms with Gasteiger partial charge < -0.3 is 14.9 Å². The Bertz CT molecular complexity index is 566. The van der Waals surface area contributed by atoms with Crippen molar-refractivity contribution in [3.8, 4) is 0 Å². The molecule has 1 aromatic rings. The molecule has 6 heteroatoms. The van der Waals surface area contributed by atoms with Crippen molar-refractivity contribution in [1.82, 2.24) is 4.90 Å². The third kappa shape index (κ3) is 3.06. The summed E-state index contributed by atoms with van der Waals surface area (Å²) in [5.41, 5.74) is -1.97. The van der Waals surface area contributed by atoms with E-state index in [-0.39, 0.29) is 12.8 Å². The molecule has 1 unspecified atom stereocenters. The number of carboxylic acids is 1. The number of amides is 1. The quantitative estimate of drug-likeness (QED) is 0.875. The minimum atomic E-state index is -1.67. The average molecular weight is 307 g/mol. The summed E-state index contributed by atoms with van der Waals surface area (Å²) in [6, 6.07) is 7.47. The molecule has 0 aromatic heterocycles. The topological polar surface area (TPSA) is 87.1 Å². The van der Waals surface area contributed by atoms with E-state index in [9.17, 15) is 19.8 Å². The van der Waals surface area contributed by atoms with Crippen LogP contribution in [-0.2, 0) is 15.3 Å². The van der Waals surface area contributed by atoms with E-state index in [2.05, 4.69) is 0 Å². The van der Waals surface area contributed by atoms with Crippen molar-refractivity contribution in [1.29, 1.82) is 0 Å². The maximum absolute atomic E-state index is 12.4. The van der Waals surface area contributed by atoms with Crippen molar-refractivity contribution in [2.45, 2.75) is 51.0 Å². The number of ether oxygens (including phenoxy) is 1. The summed E-state index contributed by atoms with van der Waals surface area (Å²) in [4.78, 5) is 24.8. The van der Waals surface area contributed by atoms with E-state index in [0.29, 0.717) is 5.56 Å². The standard InChI is InChI=1S/C16H21NO5/c1-15(2,3)22-14(20)17-12(13(18)19)9-10-16(17,21)11-7-5-4-6-8-11/h4-8,12,21H,9-10H2,1-3H3,(H,18,19)/t12-,16?/m0/s1. The van der Waals surface area contributed by atoms with Crippen LogP contribution in [0.5, 0.6) is 0 Å². The fraction of sp³-hybridized carbons (Fsp3) is 0.500. The van der Waals surface area contributed by atoms with E-state index in [1.54, 1.807) is 51.1 Å². The van der Waals surface area contributed by atoms with Crippen molar-refractivity contribution in [2.24, 2.45) is 0 Å². The number of benzene rings is 1. The van der Waals surface area contributed by atoms with E-state index >= 15 is 0 Å². The number of hydrogen-bond acceptors (Lipinski definition) is 4. The molecule has 0 aliphatic carbocycles. The highest BCUT2D eigenvalue weighted by Gasteiger charge is 2.53. The van der Waals surface area contributed by atoms with Gasteiger partial charge in [0.05, 0.1) is 0 Å². The van der Waals surface area contributed by atoms with Gasteiger partial charge in [0.1, 0.15) is 11.6 Å². The maximum Gasteiger partial charge on any atom is 0.413 e. The van der Waals surface area contributed by atoms with Gasteiger partial charge >= 0.3 is 12.1 Å². The molecule has 0 spiro atoms. The second-order valence-electron chi connectivity index (χ2n) is 6.43. The second kappa shape index (κ2) is 5.61. The van der Waals surface area contributed by atoms with Crippen LogP contribution in [0, 0.1) is 0 Å². The predicted octanol–water partition coefficient (Wildman–Crippen LogP) is 2.32. The summed E-state index contributed by atoms with van der Waals surface area (Å²) in [7, 11) is 0. The summed E-state index contributed by atoms with van der Waals surface area (Å²) in [5, 5.41) is 20.3. The molecule has 22 heavy (non-hydrogen) atoms. The Labute approximate surface area is 129 Å². The van der Waals surface area contributed by atoms with Gasteiger partial charge in [0, 0.05) is 12.0 Å². The summed E-state index contributed by atoms with van der Waals surface area (Å²) < 4.78 is 5.28. The minimum Gasteiger partial charge on any atom is -0.480 e. The van der Waals surface area contributed by atoms with Crippen LogP contribution >= 0.6 is 0 Å². The molecule has 2 atom stereocenters. The van der Waals surface area contributed by atoms with Crippen LogP contribution in [0.15, 0.2) is 30.3 Å². The van der Waals surface area contributed by atoms with Crippen LogP contribution in [0.3, 0.4) is 0 Å². The van der Waals surface area contributed by atoms with Gasteiger partial charge in [-0.3, -0.25) is 4.90 Å². The van der Waals surface area contributed by atoms with Gasteiger partial charge in [-0.2, -0.15) is 0 Å². The normalized spacial score (nSPS) is 25.1. The van der Waals surface area contributed by atoms with E-state index < -0.39 is 29.4 Å². The number of carboxylic acid groups (broad SMARTS) is 1. The molecule has 2 rings (SSSR count). The first-order chi connectivity index (χ1) is 10.1. The Morgan fingerprint density at radius 1 is 1.27 bits per heavy atom.